The number of esters is 1. The van der Waals surface area contributed by atoms with Crippen molar-refractivity contribution in [2.75, 3.05) is 0 Å². The molecule has 1 fully saturated rings. The van der Waals surface area contributed by atoms with Crippen LogP contribution in [0.2, 0.25) is 5.02 Å². The van der Waals surface area contributed by atoms with Crippen LogP contribution in [-0.2, 0) is 14.3 Å². The zero-order valence-corrected chi connectivity index (χ0v) is 16.6. The van der Waals surface area contributed by atoms with Gasteiger partial charge in [-0.3, -0.25) is 4.79 Å². The standard InChI is InChI=1S/C23H21ClO4/c1-13-12-19(14(2)11-18(13)15-3-5-16(24)6-4-15)20-21(26)23(28-22(20)27)9-7-17(25)8-10-23/h3-6,11-12,26H,7-10H2,1-2H3. The summed E-state index contributed by atoms with van der Waals surface area (Å²) in [6.45, 7) is 3.89. The molecule has 1 saturated carbocycles. The molecule has 28 heavy (non-hydrogen) atoms. The first-order valence-corrected chi connectivity index (χ1v) is 9.75. The number of ether oxygens (including phenoxy) is 1. The lowest BCUT2D eigenvalue weighted by molar-refractivity contribution is -0.151. The zero-order valence-electron chi connectivity index (χ0n) is 15.8. The van der Waals surface area contributed by atoms with Gasteiger partial charge in [-0.1, -0.05) is 35.9 Å². The smallest absolute Gasteiger partial charge is 0.343 e. The minimum absolute atomic E-state index is 0.0354. The Balaban J connectivity index is 1.78. The van der Waals surface area contributed by atoms with Gasteiger partial charge in [0.15, 0.2) is 11.4 Å². The van der Waals surface area contributed by atoms with Crippen LogP contribution < -0.4 is 0 Å². The largest absolute Gasteiger partial charge is 0.507 e. The molecular weight excluding hydrogens is 376 g/mol. The Labute approximate surface area is 168 Å². The molecule has 2 aliphatic rings. The molecule has 0 amide bonds. The van der Waals surface area contributed by atoms with Crippen molar-refractivity contribution in [1.82, 2.24) is 0 Å². The highest BCUT2D eigenvalue weighted by Gasteiger charge is 2.50. The molecule has 1 N–H and O–H groups in total. The number of carbonyl (C=O) groups is 2. The number of hydrogen-bond acceptors (Lipinski definition) is 4. The third-order valence-electron chi connectivity index (χ3n) is 5.77. The number of carbonyl (C=O) groups excluding carboxylic acids is 2. The van der Waals surface area contributed by atoms with Gasteiger partial charge in [-0.25, -0.2) is 4.79 Å². The van der Waals surface area contributed by atoms with Crippen LogP contribution in [0.25, 0.3) is 16.7 Å². The predicted molar refractivity (Wildman–Crippen MR) is 108 cm³/mol. The molecule has 1 heterocycles. The zero-order chi connectivity index (χ0) is 20.1. The van der Waals surface area contributed by atoms with Crippen molar-refractivity contribution in [3.8, 4) is 11.1 Å². The summed E-state index contributed by atoms with van der Waals surface area (Å²) < 4.78 is 5.61. The van der Waals surface area contributed by atoms with Gasteiger partial charge in [0.1, 0.15) is 11.4 Å². The molecule has 0 radical (unpaired) electrons. The van der Waals surface area contributed by atoms with Gasteiger partial charge in [0.2, 0.25) is 0 Å². The van der Waals surface area contributed by atoms with Crippen LogP contribution in [0.3, 0.4) is 0 Å². The van der Waals surface area contributed by atoms with Crippen LogP contribution in [0, 0.1) is 13.8 Å². The maximum atomic E-state index is 12.7. The van der Waals surface area contributed by atoms with Gasteiger partial charge in [0.25, 0.3) is 0 Å². The number of ketones is 1. The molecule has 0 unspecified atom stereocenters. The summed E-state index contributed by atoms with van der Waals surface area (Å²) >= 11 is 5.99. The van der Waals surface area contributed by atoms with E-state index >= 15 is 0 Å². The van der Waals surface area contributed by atoms with E-state index in [1.165, 1.54) is 0 Å². The monoisotopic (exact) mass is 396 g/mol. The Morgan fingerprint density at radius 2 is 1.54 bits per heavy atom. The molecule has 2 aromatic carbocycles. The third kappa shape index (κ3) is 3.02. The number of hydrogen-bond donors (Lipinski definition) is 1. The number of benzene rings is 2. The normalized spacial score (nSPS) is 18.7. The van der Waals surface area contributed by atoms with E-state index in [0.29, 0.717) is 36.3 Å². The number of aryl methyl sites for hydroxylation is 2. The quantitative estimate of drug-likeness (QED) is 0.696. The molecule has 0 bridgehead atoms. The van der Waals surface area contributed by atoms with E-state index in [4.69, 9.17) is 16.3 Å². The van der Waals surface area contributed by atoms with Crippen molar-refractivity contribution in [2.24, 2.45) is 0 Å². The SMILES string of the molecule is Cc1cc(-c2ccc(Cl)cc2)c(C)cc1C1=C(O)C2(CCC(=O)CC2)OC1=O. The van der Waals surface area contributed by atoms with Crippen LogP contribution in [0.1, 0.15) is 42.4 Å². The summed E-state index contributed by atoms with van der Waals surface area (Å²) in [5.74, 6) is -0.414. The van der Waals surface area contributed by atoms with Gasteiger partial charge in [-0.2, -0.15) is 0 Å². The molecule has 0 saturated heterocycles. The molecule has 2 aromatic rings. The maximum Gasteiger partial charge on any atom is 0.343 e. The molecule has 1 aliphatic carbocycles. The van der Waals surface area contributed by atoms with E-state index in [-0.39, 0.29) is 17.1 Å². The Morgan fingerprint density at radius 1 is 0.964 bits per heavy atom. The highest BCUT2D eigenvalue weighted by Crippen LogP contribution is 2.45. The summed E-state index contributed by atoms with van der Waals surface area (Å²) in [6, 6.07) is 11.5. The average molecular weight is 397 g/mol. The van der Waals surface area contributed by atoms with Crippen molar-refractivity contribution >= 4 is 28.9 Å². The van der Waals surface area contributed by atoms with E-state index < -0.39 is 11.6 Å². The number of Topliss-reactive ketones (excluding diaryl/α,β-unsaturated/α-hetero) is 1. The minimum atomic E-state index is -1.05. The van der Waals surface area contributed by atoms with Crippen LogP contribution in [0.5, 0.6) is 0 Å². The fourth-order valence-electron chi connectivity index (χ4n) is 4.14. The Morgan fingerprint density at radius 3 is 2.18 bits per heavy atom. The summed E-state index contributed by atoms with van der Waals surface area (Å²) in [5, 5.41) is 11.6. The number of halogens is 1. The van der Waals surface area contributed by atoms with Crippen molar-refractivity contribution < 1.29 is 19.4 Å². The Hall–Kier alpha value is -2.59. The topological polar surface area (TPSA) is 63.6 Å². The first-order valence-electron chi connectivity index (χ1n) is 9.37. The third-order valence-corrected chi connectivity index (χ3v) is 6.02. The van der Waals surface area contributed by atoms with Crippen LogP contribution in [-0.4, -0.2) is 22.5 Å². The van der Waals surface area contributed by atoms with Gasteiger partial charge >= 0.3 is 5.97 Å². The molecule has 1 spiro atoms. The lowest BCUT2D eigenvalue weighted by Crippen LogP contribution is -2.37. The molecular formula is C23H21ClO4. The molecule has 1 aliphatic heterocycles. The van der Waals surface area contributed by atoms with Crippen molar-refractivity contribution in [2.45, 2.75) is 45.1 Å². The Kier molecular flexibility index (Phi) is 4.54. The number of aliphatic hydroxyl groups is 1. The summed E-state index contributed by atoms with van der Waals surface area (Å²) in [6.07, 6.45) is 1.32. The second kappa shape index (κ2) is 6.78. The molecule has 4 rings (SSSR count). The van der Waals surface area contributed by atoms with Gasteiger partial charge < -0.3 is 9.84 Å². The van der Waals surface area contributed by atoms with Crippen molar-refractivity contribution in [3.63, 3.8) is 0 Å². The average Bonchev–Trinajstić information content (AvgIpc) is 2.90. The van der Waals surface area contributed by atoms with Crippen LogP contribution >= 0.6 is 11.6 Å². The van der Waals surface area contributed by atoms with Crippen molar-refractivity contribution in [3.05, 3.63) is 63.9 Å². The first kappa shape index (κ1) is 18.8. The van der Waals surface area contributed by atoms with E-state index in [9.17, 15) is 14.7 Å². The number of aliphatic hydroxyl groups excluding tert-OH is 1. The number of rotatable bonds is 2. The highest BCUT2D eigenvalue weighted by atomic mass is 35.5. The first-order chi connectivity index (χ1) is 13.3. The fraction of sp³-hybridized carbons (Fsp3) is 0.304. The Bertz CT molecular complexity index is 1010. The lowest BCUT2D eigenvalue weighted by Gasteiger charge is -2.31. The molecule has 5 heteroatoms. The van der Waals surface area contributed by atoms with E-state index in [2.05, 4.69) is 0 Å². The molecule has 4 nitrogen and oxygen atoms in total. The summed E-state index contributed by atoms with van der Waals surface area (Å²) in [5.41, 5.74) is 3.78. The van der Waals surface area contributed by atoms with Gasteiger partial charge in [0.05, 0.1) is 0 Å². The fourth-order valence-corrected chi connectivity index (χ4v) is 4.26. The lowest BCUT2D eigenvalue weighted by atomic mass is 9.81. The van der Waals surface area contributed by atoms with Gasteiger partial charge in [-0.05, 0) is 53.8 Å². The van der Waals surface area contributed by atoms with Gasteiger partial charge in [0, 0.05) is 30.7 Å². The summed E-state index contributed by atoms with van der Waals surface area (Å²) in [4.78, 5) is 24.2. The van der Waals surface area contributed by atoms with E-state index in [0.717, 1.165) is 22.3 Å². The minimum Gasteiger partial charge on any atom is -0.507 e. The van der Waals surface area contributed by atoms with Gasteiger partial charge in [-0.15, -0.1) is 0 Å². The van der Waals surface area contributed by atoms with Crippen LogP contribution in [0.4, 0.5) is 0 Å². The maximum absolute atomic E-state index is 12.7. The van der Waals surface area contributed by atoms with Crippen LogP contribution in [0.15, 0.2) is 42.2 Å². The van der Waals surface area contributed by atoms with Crippen molar-refractivity contribution in [1.29, 1.82) is 0 Å². The molecule has 0 atom stereocenters. The predicted octanol–water partition coefficient (Wildman–Crippen LogP) is 5.33. The molecule has 0 aromatic heterocycles. The van der Waals surface area contributed by atoms with E-state index in [1.54, 1.807) is 0 Å². The highest BCUT2D eigenvalue weighted by molar-refractivity contribution is 6.30. The second-order valence-electron chi connectivity index (χ2n) is 7.64. The van der Waals surface area contributed by atoms with E-state index in [1.807, 2.05) is 50.2 Å². The molecule has 144 valence electrons. The second-order valence-corrected chi connectivity index (χ2v) is 8.07. The summed E-state index contributed by atoms with van der Waals surface area (Å²) in [7, 11) is 0.